The van der Waals surface area contributed by atoms with Crippen LogP contribution in [0.15, 0.2) is 23.2 Å². The van der Waals surface area contributed by atoms with Crippen LogP contribution in [-0.2, 0) is 11.2 Å². The van der Waals surface area contributed by atoms with Gasteiger partial charge in [0.1, 0.15) is 11.6 Å². The van der Waals surface area contributed by atoms with E-state index in [2.05, 4.69) is 15.6 Å². The van der Waals surface area contributed by atoms with E-state index >= 15 is 0 Å². The second kappa shape index (κ2) is 8.47. The number of rotatable bonds is 6. The molecule has 0 saturated heterocycles. The first-order chi connectivity index (χ1) is 9.56. The van der Waals surface area contributed by atoms with E-state index in [4.69, 9.17) is 4.74 Å². The lowest BCUT2D eigenvalue weighted by Gasteiger charge is -2.17. The minimum absolute atomic E-state index is 0.108. The second-order valence-electron chi connectivity index (χ2n) is 4.49. The molecular formula is C14H21F2N3O. The molecule has 0 saturated carbocycles. The van der Waals surface area contributed by atoms with Gasteiger partial charge in [-0.2, -0.15) is 0 Å². The maximum absolute atomic E-state index is 13.4. The normalized spacial score (nSPS) is 13.2. The summed E-state index contributed by atoms with van der Waals surface area (Å²) in [6, 6.07) is 3.57. The average Bonchev–Trinajstić information content (AvgIpc) is 2.41. The minimum Gasteiger partial charge on any atom is -0.383 e. The van der Waals surface area contributed by atoms with E-state index < -0.39 is 11.6 Å². The summed E-state index contributed by atoms with van der Waals surface area (Å²) in [6.45, 7) is 2.97. The van der Waals surface area contributed by atoms with Gasteiger partial charge >= 0.3 is 0 Å². The molecule has 0 heterocycles. The topological polar surface area (TPSA) is 45.7 Å². The van der Waals surface area contributed by atoms with E-state index in [9.17, 15) is 8.78 Å². The molecule has 0 aliphatic heterocycles. The van der Waals surface area contributed by atoms with Crippen LogP contribution in [0.5, 0.6) is 0 Å². The van der Waals surface area contributed by atoms with Crippen LogP contribution in [0.4, 0.5) is 8.78 Å². The standard InChI is InChI=1S/C14H21F2N3O/c1-10(9-20-3)19-14(17-2)18-7-6-11-8-12(15)4-5-13(11)16/h4-5,8,10H,6-7,9H2,1-3H3,(H2,17,18,19). The molecular weight excluding hydrogens is 264 g/mol. The Morgan fingerprint density at radius 3 is 2.80 bits per heavy atom. The number of halogens is 2. The van der Waals surface area contributed by atoms with Crippen molar-refractivity contribution < 1.29 is 13.5 Å². The van der Waals surface area contributed by atoms with Crippen molar-refractivity contribution in [2.75, 3.05) is 27.3 Å². The van der Waals surface area contributed by atoms with Crippen molar-refractivity contribution in [2.45, 2.75) is 19.4 Å². The minimum atomic E-state index is -0.433. The predicted molar refractivity (Wildman–Crippen MR) is 75.9 cm³/mol. The number of benzene rings is 1. The number of nitrogens with one attached hydrogen (secondary N) is 2. The lowest BCUT2D eigenvalue weighted by atomic mass is 10.1. The van der Waals surface area contributed by atoms with Crippen LogP contribution < -0.4 is 10.6 Å². The van der Waals surface area contributed by atoms with Gasteiger partial charge in [0.2, 0.25) is 0 Å². The fraction of sp³-hybridized carbons (Fsp3) is 0.500. The molecule has 0 bridgehead atoms. The molecule has 2 N–H and O–H groups in total. The van der Waals surface area contributed by atoms with Gasteiger partial charge in [0.05, 0.1) is 6.61 Å². The highest BCUT2D eigenvalue weighted by Gasteiger charge is 2.06. The van der Waals surface area contributed by atoms with Gasteiger partial charge in [-0.25, -0.2) is 8.78 Å². The number of methoxy groups -OCH3 is 1. The van der Waals surface area contributed by atoms with Crippen LogP contribution in [0.25, 0.3) is 0 Å². The average molecular weight is 285 g/mol. The molecule has 0 aliphatic rings. The predicted octanol–water partition coefficient (Wildman–Crippen LogP) is 1.71. The van der Waals surface area contributed by atoms with Crippen LogP contribution in [0.3, 0.4) is 0 Å². The van der Waals surface area contributed by atoms with Crippen LogP contribution in [0.1, 0.15) is 12.5 Å². The van der Waals surface area contributed by atoms with Gasteiger partial charge in [-0.1, -0.05) is 0 Å². The Hall–Kier alpha value is -1.69. The van der Waals surface area contributed by atoms with Gasteiger partial charge in [0.25, 0.3) is 0 Å². The maximum atomic E-state index is 13.4. The Bertz CT molecular complexity index is 452. The van der Waals surface area contributed by atoms with Gasteiger partial charge in [0, 0.05) is 26.7 Å². The van der Waals surface area contributed by atoms with Crippen LogP contribution >= 0.6 is 0 Å². The Kier molecular flexibility index (Phi) is 6.93. The highest BCUT2D eigenvalue weighted by molar-refractivity contribution is 5.79. The van der Waals surface area contributed by atoms with Crippen molar-refractivity contribution in [1.82, 2.24) is 10.6 Å². The highest BCUT2D eigenvalue weighted by atomic mass is 19.1. The molecule has 112 valence electrons. The number of nitrogens with zero attached hydrogens (tertiary/aromatic N) is 1. The van der Waals surface area contributed by atoms with E-state index in [1.807, 2.05) is 6.92 Å². The van der Waals surface area contributed by atoms with Crippen LogP contribution in [0, 0.1) is 11.6 Å². The third-order valence-corrected chi connectivity index (χ3v) is 2.72. The molecule has 6 heteroatoms. The quantitative estimate of drug-likeness (QED) is 0.618. The Morgan fingerprint density at radius 2 is 2.15 bits per heavy atom. The molecule has 1 atom stereocenters. The largest absolute Gasteiger partial charge is 0.383 e. The summed E-state index contributed by atoms with van der Waals surface area (Å²) in [7, 11) is 3.28. The summed E-state index contributed by atoms with van der Waals surface area (Å²) in [5, 5.41) is 6.17. The van der Waals surface area contributed by atoms with E-state index in [-0.39, 0.29) is 6.04 Å². The fourth-order valence-corrected chi connectivity index (χ4v) is 1.77. The smallest absolute Gasteiger partial charge is 0.191 e. The first kappa shape index (κ1) is 16.4. The zero-order valence-electron chi connectivity index (χ0n) is 12.0. The molecule has 0 radical (unpaired) electrons. The summed E-state index contributed by atoms with van der Waals surface area (Å²) in [6.07, 6.45) is 0.378. The van der Waals surface area contributed by atoms with Crippen molar-refractivity contribution in [3.05, 3.63) is 35.4 Å². The van der Waals surface area contributed by atoms with E-state index in [0.29, 0.717) is 31.1 Å². The van der Waals surface area contributed by atoms with Crippen molar-refractivity contribution in [3.63, 3.8) is 0 Å². The number of hydrogen-bond donors (Lipinski definition) is 2. The van der Waals surface area contributed by atoms with Gasteiger partial charge in [-0.05, 0) is 37.1 Å². The lowest BCUT2D eigenvalue weighted by Crippen LogP contribution is -2.44. The number of ether oxygens (including phenoxy) is 1. The highest BCUT2D eigenvalue weighted by Crippen LogP contribution is 2.09. The number of aliphatic imine (C=N–C) groups is 1. The molecule has 0 aromatic heterocycles. The summed E-state index contributed by atoms with van der Waals surface area (Å²) < 4.78 is 31.5. The second-order valence-corrected chi connectivity index (χ2v) is 4.49. The van der Waals surface area contributed by atoms with Gasteiger partial charge in [0.15, 0.2) is 5.96 Å². The molecule has 1 aromatic rings. The van der Waals surface area contributed by atoms with Gasteiger partial charge in [-0.3, -0.25) is 4.99 Å². The molecule has 0 fully saturated rings. The van der Waals surface area contributed by atoms with Crippen molar-refractivity contribution in [1.29, 1.82) is 0 Å². The molecule has 0 aliphatic carbocycles. The fourth-order valence-electron chi connectivity index (χ4n) is 1.77. The van der Waals surface area contributed by atoms with E-state index in [1.54, 1.807) is 14.2 Å². The zero-order valence-corrected chi connectivity index (χ0v) is 12.0. The summed E-state index contributed by atoms with van der Waals surface area (Å²) in [5.74, 6) is -0.229. The van der Waals surface area contributed by atoms with Crippen molar-refractivity contribution >= 4 is 5.96 Å². The molecule has 1 aromatic carbocycles. The number of hydrogen-bond acceptors (Lipinski definition) is 2. The Balaban J connectivity index is 2.44. The molecule has 0 spiro atoms. The van der Waals surface area contributed by atoms with E-state index in [1.165, 1.54) is 6.07 Å². The summed E-state index contributed by atoms with van der Waals surface area (Å²) >= 11 is 0. The lowest BCUT2D eigenvalue weighted by molar-refractivity contribution is 0.179. The molecule has 4 nitrogen and oxygen atoms in total. The Morgan fingerprint density at radius 1 is 1.40 bits per heavy atom. The zero-order chi connectivity index (χ0) is 15.0. The van der Waals surface area contributed by atoms with Crippen molar-refractivity contribution in [3.8, 4) is 0 Å². The van der Waals surface area contributed by atoms with E-state index in [0.717, 1.165) is 12.1 Å². The summed E-state index contributed by atoms with van der Waals surface area (Å²) in [4.78, 5) is 4.05. The van der Waals surface area contributed by atoms with Crippen LogP contribution in [-0.4, -0.2) is 39.3 Å². The molecule has 1 unspecified atom stereocenters. The monoisotopic (exact) mass is 285 g/mol. The SMILES string of the molecule is CN=C(NCCc1cc(F)ccc1F)NC(C)COC. The molecule has 1 rings (SSSR count). The van der Waals surface area contributed by atoms with Gasteiger partial charge < -0.3 is 15.4 Å². The Labute approximate surface area is 118 Å². The third-order valence-electron chi connectivity index (χ3n) is 2.72. The molecule has 20 heavy (non-hydrogen) atoms. The first-order valence-electron chi connectivity index (χ1n) is 6.47. The van der Waals surface area contributed by atoms with Crippen molar-refractivity contribution in [2.24, 2.45) is 4.99 Å². The number of guanidine groups is 1. The first-order valence-corrected chi connectivity index (χ1v) is 6.47. The van der Waals surface area contributed by atoms with Crippen LogP contribution in [0.2, 0.25) is 0 Å². The third kappa shape index (κ3) is 5.52. The van der Waals surface area contributed by atoms with Gasteiger partial charge in [-0.15, -0.1) is 0 Å². The summed E-state index contributed by atoms with van der Waals surface area (Å²) in [5.41, 5.74) is 0.345. The molecule has 0 amide bonds. The maximum Gasteiger partial charge on any atom is 0.191 e.